The van der Waals surface area contributed by atoms with Gasteiger partial charge in [-0.25, -0.2) is 8.61 Å². The van der Waals surface area contributed by atoms with Gasteiger partial charge in [-0.2, -0.15) is 4.36 Å². The van der Waals surface area contributed by atoms with Crippen LogP contribution in [0.25, 0.3) is 12.2 Å². The summed E-state index contributed by atoms with van der Waals surface area (Å²) in [4.78, 5) is 1.38. The normalized spacial score (nSPS) is 22.6. The smallest absolute Gasteiger partial charge is 0.108 e. The lowest BCUT2D eigenvalue weighted by atomic mass is 10.1. The second-order valence-corrected chi connectivity index (χ2v) is 11.3. The number of thiol groups is 1. The molecule has 0 N–H and O–H groups in total. The van der Waals surface area contributed by atoms with E-state index in [1.54, 1.807) is 5.41 Å². The molecule has 0 spiro atoms. The van der Waals surface area contributed by atoms with Gasteiger partial charge in [0.25, 0.3) is 0 Å². The summed E-state index contributed by atoms with van der Waals surface area (Å²) in [6.45, 7) is 0. The Kier molecular flexibility index (Phi) is 3.92. The van der Waals surface area contributed by atoms with Crippen molar-refractivity contribution in [2.75, 3.05) is 5.75 Å². The molecule has 0 aliphatic carbocycles. The lowest BCUT2D eigenvalue weighted by Crippen LogP contribution is -2.35. The van der Waals surface area contributed by atoms with Gasteiger partial charge in [0.05, 0.1) is 4.90 Å². The number of hydrogen-bond acceptors (Lipinski definition) is 3. The summed E-state index contributed by atoms with van der Waals surface area (Å²) in [6, 6.07) is 22.5. The van der Waals surface area contributed by atoms with Crippen molar-refractivity contribution >= 4 is 37.7 Å². The van der Waals surface area contributed by atoms with Crippen molar-refractivity contribution < 1.29 is 8.42 Å². The summed E-state index contributed by atoms with van der Waals surface area (Å²) in [5.74, 6) is 0.382. The second-order valence-electron chi connectivity index (χ2n) is 6.74. The Balaban J connectivity index is 1.79. The van der Waals surface area contributed by atoms with Crippen LogP contribution in [0, 0.1) is 0 Å². The molecule has 140 valence electrons. The van der Waals surface area contributed by atoms with Crippen LogP contribution in [-0.2, 0) is 19.8 Å². The van der Waals surface area contributed by atoms with Crippen LogP contribution in [-0.4, -0.2) is 14.2 Å². The van der Waals surface area contributed by atoms with Gasteiger partial charge in [0.1, 0.15) is 20.8 Å². The minimum Gasteiger partial charge on any atom is -0.260 e. The lowest BCUT2D eigenvalue weighted by molar-refractivity contribution is 0.672. The van der Waals surface area contributed by atoms with Crippen molar-refractivity contribution in [1.82, 2.24) is 0 Å². The van der Waals surface area contributed by atoms with Gasteiger partial charge in [-0.15, -0.1) is 0 Å². The van der Waals surface area contributed by atoms with Gasteiger partial charge in [-0.1, -0.05) is 54.6 Å². The van der Waals surface area contributed by atoms with Gasteiger partial charge < -0.3 is 0 Å². The fourth-order valence-electron chi connectivity index (χ4n) is 3.44. The van der Waals surface area contributed by atoms with Crippen molar-refractivity contribution in [3.8, 4) is 0 Å². The summed E-state index contributed by atoms with van der Waals surface area (Å²) in [5.41, 5.74) is 1.40. The Morgan fingerprint density at radius 1 is 0.893 bits per heavy atom. The van der Waals surface area contributed by atoms with Crippen LogP contribution >= 0.6 is 0 Å². The first-order valence-corrected chi connectivity index (χ1v) is 12.4. The van der Waals surface area contributed by atoms with Crippen LogP contribution in [0.1, 0.15) is 5.56 Å². The Bertz CT molecular complexity index is 1400. The first-order chi connectivity index (χ1) is 13.6. The standard InChI is InChI=1S/C22H18N2O2S2/c25-27(19-7-3-1-4-8-19)15-13-17-11-12-18-14-16-28(26,20-9-5-2-6-10-20)24-22(18)21(17)23-27/h1-15,28H,16H2. The third-order valence-corrected chi connectivity index (χ3v) is 9.15. The molecule has 0 saturated carbocycles. The molecule has 0 saturated heterocycles. The molecule has 0 radical (unpaired) electrons. The second kappa shape index (κ2) is 6.36. The van der Waals surface area contributed by atoms with Crippen LogP contribution in [0.4, 0.5) is 5.69 Å². The zero-order valence-electron chi connectivity index (χ0n) is 14.9. The maximum absolute atomic E-state index is 13.6. The van der Waals surface area contributed by atoms with Crippen molar-refractivity contribution in [1.29, 1.82) is 0 Å². The van der Waals surface area contributed by atoms with Crippen LogP contribution in [0.5, 0.6) is 0 Å². The molecule has 1 atom stereocenters. The minimum absolute atomic E-state index is 0.382. The van der Waals surface area contributed by atoms with Gasteiger partial charge in [0, 0.05) is 37.0 Å². The maximum Gasteiger partial charge on any atom is 0.108 e. The molecule has 0 bridgehead atoms. The van der Waals surface area contributed by atoms with Crippen LogP contribution in [0.15, 0.2) is 96.8 Å². The molecule has 2 aliphatic rings. The third-order valence-electron chi connectivity index (χ3n) is 4.93. The van der Waals surface area contributed by atoms with Crippen molar-refractivity contribution in [3.63, 3.8) is 0 Å². The Hall–Kier alpha value is -2.83. The highest BCUT2D eigenvalue weighted by atomic mass is 32.3. The van der Waals surface area contributed by atoms with Gasteiger partial charge in [-0.3, -0.25) is 4.21 Å². The van der Waals surface area contributed by atoms with Crippen molar-refractivity contribution in [2.24, 2.45) is 8.76 Å². The molecular weight excluding hydrogens is 388 g/mol. The SMILES string of the molecule is O=S1(c2ccccc2)=Nc2c(ccc3c2=N[SH](=O)(c2ccccc2)CC=3)C=C1. The molecule has 0 aromatic heterocycles. The number of benzene rings is 3. The largest absolute Gasteiger partial charge is 0.260 e. The summed E-state index contributed by atoms with van der Waals surface area (Å²) in [5, 5.41) is 3.11. The van der Waals surface area contributed by atoms with E-state index in [-0.39, 0.29) is 0 Å². The van der Waals surface area contributed by atoms with E-state index >= 15 is 0 Å². The molecule has 3 aromatic rings. The third kappa shape index (κ3) is 2.77. The van der Waals surface area contributed by atoms with Crippen LogP contribution < -0.4 is 10.6 Å². The molecule has 5 rings (SSSR count). The molecule has 2 aliphatic heterocycles. The fraction of sp³-hybridized carbons (Fsp3) is 0.0455. The average Bonchev–Trinajstić information content (AvgIpc) is 2.75. The predicted octanol–water partition coefficient (Wildman–Crippen LogP) is 3.23. The van der Waals surface area contributed by atoms with Gasteiger partial charge in [-0.05, 0) is 30.3 Å². The highest BCUT2D eigenvalue weighted by Gasteiger charge is 2.22. The van der Waals surface area contributed by atoms with E-state index in [0.717, 1.165) is 15.7 Å². The van der Waals surface area contributed by atoms with Gasteiger partial charge in [0.15, 0.2) is 0 Å². The predicted molar refractivity (Wildman–Crippen MR) is 115 cm³/mol. The van der Waals surface area contributed by atoms with E-state index in [2.05, 4.69) is 4.36 Å². The molecule has 2 heterocycles. The van der Waals surface area contributed by atoms with E-state index < -0.39 is 19.8 Å². The number of rotatable bonds is 2. The van der Waals surface area contributed by atoms with E-state index in [1.807, 2.05) is 84.9 Å². The van der Waals surface area contributed by atoms with E-state index in [9.17, 15) is 8.42 Å². The molecule has 3 aromatic carbocycles. The topological polar surface area (TPSA) is 58.9 Å². The van der Waals surface area contributed by atoms with Crippen LogP contribution in [0.3, 0.4) is 0 Å². The van der Waals surface area contributed by atoms with Crippen molar-refractivity contribution in [3.05, 3.63) is 94.3 Å². The molecule has 1 unspecified atom stereocenters. The van der Waals surface area contributed by atoms with Gasteiger partial charge >= 0.3 is 0 Å². The van der Waals surface area contributed by atoms with Crippen molar-refractivity contribution in [2.45, 2.75) is 9.79 Å². The number of hydrogen-bond donors (Lipinski definition) is 1. The molecular formula is C22H18N2O2S2. The fourth-order valence-corrected chi connectivity index (χ4v) is 7.13. The molecule has 0 fully saturated rings. The number of fused-ring (bicyclic) bond motifs is 3. The van der Waals surface area contributed by atoms with E-state index in [0.29, 0.717) is 21.7 Å². The zero-order chi connectivity index (χ0) is 19.2. The highest BCUT2D eigenvalue weighted by Crippen LogP contribution is 2.29. The lowest BCUT2D eigenvalue weighted by Gasteiger charge is -2.22. The summed E-state index contributed by atoms with van der Waals surface area (Å²) >= 11 is 0. The van der Waals surface area contributed by atoms with Gasteiger partial charge in [0.2, 0.25) is 0 Å². The first-order valence-electron chi connectivity index (χ1n) is 8.96. The monoisotopic (exact) mass is 406 g/mol. The maximum atomic E-state index is 13.6. The molecule has 0 amide bonds. The van der Waals surface area contributed by atoms with E-state index in [1.165, 1.54) is 0 Å². The highest BCUT2D eigenvalue weighted by molar-refractivity contribution is 8.02. The zero-order valence-corrected chi connectivity index (χ0v) is 16.6. The van der Waals surface area contributed by atoms with Crippen LogP contribution in [0.2, 0.25) is 0 Å². The van der Waals surface area contributed by atoms with E-state index in [4.69, 9.17) is 4.40 Å². The molecule has 28 heavy (non-hydrogen) atoms. The summed E-state index contributed by atoms with van der Waals surface area (Å²) in [6.07, 6.45) is 3.78. The summed E-state index contributed by atoms with van der Waals surface area (Å²) < 4.78 is 36.4. The molecule has 4 nitrogen and oxygen atoms in total. The minimum atomic E-state index is -2.97. The quantitative estimate of drug-likeness (QED) is 0.665. The molecule has 6 heteroatoms. The average molecular weight is 407 g/mol. The summed E-state index contributed by atoms with van der Waals surface area (Å²) in [7, 11) is -5.70. The Labute approximate surface area is 164 Å². The Morgan fingerprint density at radius 2 is 1.61 bits per heavy atom. The Morgan fingerprint density at radius 3 is 2.36 bits per heavy atom. The first kappa shape index (κ1) is 17.3. The number of nitrogens with zero attached hydrogens (tertiary/aromatic N) is 2.